The van der Waals surface area contributed by atoms with Crippen molar-refractivity contribution in [2.45, 2.75) is 6.42 Å². The second-order valence-electron chi connectivity index (χ2n) is 5.60. The van der Waals surface area contributed by atoms with Gasteiger partial charge in [-0.25, -0.2) is 4.79 Å². The minimum Gasteiger partial charge on any atom is -0.419 e. The van der Waals surface area contributed by atoms with Crippen molar-refractivity contribution >= 4 is 59.1 Å². The summed E-state index contributed by atoms with van der Waals surface area (Å²) in [4.78, 5) is 18.0. The lowest BCUT2D eigenvalue weighted by atomic mass is 10.2. The lowest BCUT2D eigenvalue weighted by molar-refractivity contribution is 0.251. The third-order valence-electron chi connectivity index (χ3n) is 3.25. The normalized spacial score (nSPS) is 10.3. The van der Waals surface area contributed by atoms with Crippen LogP contribution < -0.4 is 10.6 Å². The first-order valence-corrected chi connectivity index (χ1v) is 8.70. The van der Waals surface area contributed by atoms with Crippen LogP contribution in [0.4, 0.5) is 10.7 Å². The zero-order valence-electron chi connectivity index (χ0n) is 14.5. The number of hydrogen-bond donors (Lipinski definition) is 2. The first kappa shape index (κ1) is 23.3. The molecule has 0 radical (unpaired) electrons. The van der Waals surface area contributed by atoms with Crippen molar-refractivity contribution in [2.75, 3.05) is 32.5 Å². The molecule has 2 rings (SSSR count). The first-order chi connectivity index (χ1) is 12.3. The van der Waals surface area contributed by atoms with Crippen molar-refractivity contribution in [3.63, 3.8) is 0 Å². The van der Waals surface area contributed by atoms with Crippen LogP contribution in [0.2, 0.25) is 15.1 Å². The van der Waals surface area contributed by atoms with Crippen molar-refractivity contribution in [2.24, 2.45) is 0 Å². The van der Waals surface area contributed by atoms with E-state index in [1.807, 2.05) is 25.1 Å². The Balaban J connectivity index is 0.00000364. The number of carbonyl (C=O) groups is 1. The maximum absolute atomic E-state index is 11.9. The molecule has 1 heterocycles. The quantitative estimate of drug-likeness (QED) is 0.490. The highest BCUT2D eigenvalue weighted by Crippen LogP contribution is 2.37. The fraction of sp³-hybridized carbons (Fsp3) is 0.312. The molecule has 0 saturated heterocycles. The molecule has 1 aromatic heterocycles. The molecule has 7 nitrogen and oxygen atoms in total. The molecular weight excluding hydrogens is 436 g/mol. The molecule has 0 unspecified atom stereocenters. The summed E-state index contributed by atoms with van der Waals surface area (Å²) in [6.07, 6.45) is 0.782. The monoisotopic (exact) mass is 451 g/mol. The molecule has 0 atom stereocenters. The van der Waals surface area contributed by atoms with Crippen molar-refractivity contribution in [1.82, 2.24) is 15.2 Å². The van der Waals surface area contributed by atoms with Crippen molar-refractivity contribution in [1.29, 1.82) is 5.26 Å². The summed E-state index contributed by atoms with van der Waals surface area (Å²) in [6.45, 7) is 1.31. The summed E-state index contributed by atoms with van der Waals surface area (Å²) in [5.74, 6) is -0.0568. The Labute approximate surface area is 178 Å². The van der Waals surface area contributed by atoms with E-state index in [0.29, 0.717) is 17.1 Å². The standard InChI is InChI=1S/C16H16Cl3N5O2.ClH/c1-24(2)5-3-4-21-16(25)23-15-12(8-20)22-14(26-15)10-6-9(17)7-11(18)13(10)19;/h6-7H,3-5H2,1-2H3,(H2,21,23,25);1H. The van der Waals surface area contributed by atoms with Gasteiger partial charge in [0, 0.05) is 11.6 Å². The molecule has 0 aliphatic rings. The van der Waals surface area contributed by atoms with E-state index in [-0.39, 0.29) is 39.9 Å². The van der Waals surface area contributed by atoms with E-state index in [0.717, 1.165) is 13.0 Å². The molecule has 2 N–H and O–H groups in total. The number of amides is 2. The van der Waals surface area contributed by atoms with Crippen LogP contribution in [0.5, 0.6) is 0 Å². The number of anilines is 1. The summed E-state index contributed by atoms with van der Waals surface area (Å²) in [5, 5.41) is 15.1. The van der Waals surface area contributed by atoms with Gasteiger partial charge in [0.25, 0.3) is 0 Å². The van der Waals surface area contributed by atoms with Gasteiger partial charge >= 0.3 is 6.03 Å². The molecule has 0 saturated carbocycles. The van der Waals surface area contributed by atoms with Gasteiger partial charge in [-0.2, -0.15) is 10.2 Å². The molecule has 0 spiro atoms. The number of halogens is 4. The number of nitrogens with zero attached hydrogens (tertiary/aromatic N) is 3. The van der Waals surface area contributed by atoms with Crippen LogP contribution in [-0.2, 0) is 0 Å². The molecule has 0 aliphatic heterocycles. The lowest BCUT2D eigenvalue weighted by Crippen LogP contribution is -2.31. The van der Waals surface area contributed by atoms with Gasteiger partial charge in [-0.1, -0.05) is 34.8 Å². The largest absolute Gasteiger partial charge is 0.419 e. The third-order valence-corrected chi connectivity index (χ3v) is 4.27. The fourth-order valence-corrected chi connectivity index (χ4v) is 2.74. The van der Waals surface area contributed by atoms with Crippen LogP contribution in [-0.4, -0.2) is 43.1 Å². The lowest BCUT2D eigenvalue weighted by Gasteiger charge is -2.09. The average molecular weight is 453 g/mol. The summed E-state index contributed by atoms with van der Waals surface area (Å²) in [5.41, 5.74) is 0.232. The third kappa shape index (κ3) is 6.45. The number of nitriles is 1. The second-order valence-corrected chi connectivity index (χ2v) is 6.82. The molecule has 27 heavy (non-hydrogen) atoms. The van der Waals surface area contributed by atoms with E-state index >= 15 is 0 Å². The van der Waals surface area contributed by atoms with E-state index < -0.39 is 6.03 Å². The topological polar surface area (TPSA) is 94.2 Å². The number of nitrogens with one attached hydrogen (secondary N) is 2. The van der Waals surface area contributed by atoms with Gasteiger partial charge in [-0.3, -0.25) is 5.32 Å². The molecule has 11 heteroatoms. The van der Waals surface area contributed by atoms with Crippen molar-refractivity contribution in [3.8, 4) is 17.5 Å². The highest BCUT2D eigenvalue weighted by Gasteiger charge is 2.20. The highest BCUT2D eigenvalue weighted by molar-refractivity contribution is 6.44. The molecule has 0 bridgehead atoms. The molecule has 2 aromatic rings. The summed E-state index contributed by atoms with van der Waals surface area (Å²) in [7, 11) is 3.89. The first-order valence-electron chi connectivity index (χ1n) is 7.57. The molecular formula is C16H17Cl4N5O2. The minimum atomic E-state index is -0.502. The average Bonchev–Trinajstić information content (AvgIpc) is 2.97. The number of oxazole rings is 1. The van der Waals surface area contributed by atoms with Gasteiger partial charge in [0.15, 0.2) is 0 Å². The number of carbonyl (C=O) groups excluding carboxylic acids is 1. The number of aromatic nitrogens is 1. The predicted molar refractivity (Wildman–Crippen MR) is 109 cm³/mol. The molecule has 146 valence electrons. The fourth-order valence-electron chi connectivity index (χ4n) is 2.05. The zero-order chi connectivity index (χ0) is 19.3. The van der Waals surface area contributed by atoms with Gasteiger partial charge in [0.05, 0.1) is 15.6 Å². The van der Waals surface area contributed by atoms with Crippen LogP contribution in [0.3, 0.4) is 0 Å². The van der Waals surface area contributed by atoms with Gasteiger partial charge in [-0.15, -0.1) is 12.4 Å². The van der Waals surface area contributed by atoms with Crippen molar-refractivity contribution in [3.05, 3.63) is 32.9 Å². The van der Waals surface area contributed by atoms with E-state index in [2.05, 4.69) is 15.6 Å². The van der Waals surface area contributed by atoms with E-state index in [1.54, 1.807) is 0 Å². The van der Waals surface area contributed by atoms with Gasteiger partial charge < -0.3 is 14.6 Å². The highest BCUT2D eigenvalue weighted by atomic mass is 35.5. The molecule has 0 fully saturated rings. The molecule has 1 aromatic carbocycles. The van der Waals surface area contributed by atoms with E-state index in [1.165, 1.54) is 12.1 Å². The van der Waals surface area contributed by atoms with E-state index in [9.17, 15) is 10.1 Å². The smallest absolute Gasteiger partial charge is 0.321 e. The predicted octanol–water partition coefficient (Wildman–Crippen LogP) is 4.67. The summed E-state index contributed by atoms with van der Waals surface area (Å²) in [6, 6.07) is 4.34. The number of rotatable bonds is 6. The maximum atomic E-state index is 11.9. The molecule has 0 aliphatic carbocycles. The van der Waals surface area contributed by atoms with Crippen LogP contribution >= 0.6 is 47.2 Å². The Morgan fingerprint density at radius 1 is 1.33 bits per heavy atom. The minimum absolute atomic E-state index is 0. The maximum Gasteiger partial charge on any atom is 0.321 e. The zero-order valence-corrected chi connectivity index (χ0v) is 17.6. The molecule has 2 amide bonds. The van der Waals surface area contributed by atoms with Gasteiger partial charge in [0.1, 0.15) is 6.07 Å². The van der Waals surface area contributed by atoms with Crippen LogP contribution in [0.25, 0.3) is 11.5 Å². The Kier molecular flexibility index (Phi) is 9.16. The van der Waals surface area contributed by atoms with Gasteiger partial charge in [0.2, 0.25) is 17.5 Å². The van der Waals surface area contributed by atoms with Crippen molar-refractivity contribution < 1.29 is 9.21 Å². The SMILES string of the molecule is CN(C)CCCNC(=O)Nc1oc(-c2cc(Cl)cc(Cl)c2Cl)nc1C#N.Cl. The van der Waals surface area contributed by atoms with E-state index in [4.69, 9.17) is 39.2 Å². The summed E-state index contributed by atoms with van der Waals surface area (Å²) < 4.78 is 5.48. The number of urea groups is 1. The Hall–Kier alpha value is -1.69. The Morgan fingerprint density at radius 2 is 2.04 bits per heavy atom. The number of hydrogen-bond acceptors (Lipinski definition) is 5. The van der Waals surface area contributed by atoms with Gasteiger partial charge in [-0.05, 0) is 39.2 Å². The summed E-state index contributed by atoms with van der Waals surface area (Å²) >= 11 is 18.1. The van der Waals surface area contributed by atoms with Crippen LogP contribution in [0.15, 0.2) is 16.5 Å². The number of benzene rings is 1. The van der Waals surface area contributed by atoms with Crippen LogP contribution in [0, 0.1) is 11.3 Å². The Bertz CT molecular complexity index is 848. The van der Waals surface area contributed by atoms with Crippen LogP contribution in [0.1, 0.15) is 12.1 Å². The second kappa shape index (κ2) is 10.6. The Morgan fingerprint density at radius 3 is 2.67 bits per heavy atom.